The van der Waals surface area contributed by atoms with Crippen LogP contribution in [0.1, 0.15) is 43.0 Å². The van der Waals surface area contributed by atoms with Crippen molar-refractivity contribution in [3.05, 3.63) is 29.8 Å². The molecule has 1 fully saturated rings. The van der Waals surface area contributed by atoms with Gasteiger partial charge in [0.15, 0.2) is 0 Å². The molecule has 2 atom stereocenters. The minimum atomic E-state index is -0.927. The minimum Gasteiger partial charge on any atom is -0.489 e. The Morgan fingerprint density at radius 1 is 1.29 bits per heavy atom. The summed E-state index contributed by atoms with van der Waals surface area (Å²) in [6.07, 6.45) is 4.77. The van der Waals surface area contributed by atoms with Crippen LogP contribution in [-0.4, -0.2) is 17.2 Å². The molecule has 1 saturated carbocycles. The highest BCUT2D eigenvalue weighted by Crippen LogP contribution is 2.29. The average molecular weight is 234 g/mol. The van der Waals surface area contributed by atoms with Gasteiger partial charge in [-0.2, -0.15) is 0 Å². The second-order valence-electron chi connectivity index (χ2n) is 4.72. The molecule has 0 heterocycles. The predicted octanol–water partition coefficient (Wildman–Crippen LogP) is 3.34. The monoisotopic (exact) mass is 234 g/mol. The number of benzene rings is 1. The van der Waals surface area contributed by atoms with E-state index in [9.17, 15) is 4.79 Å². The first kappa shape index (κ1) is 12.0. The minimum absolute atomic E-state index is 0.157. The van der Waals surface area contributed by atoms with Crippen molar-refractivity contribution in [3.63, 3.8) is 0 Å². The third-order valence-electron chi connectivity index (χ3n) is 3.43. The largest absolute Gasteiger partial charge is 0.489 e. The van der Waals surface area contributed by atoms with E-state index in [0.717, 1.165) is 6.42 Å². The van der Waals surface area contributed by atoms with Crippen LogP contribution in [0.5, 0.6) is 5.75 Å². The standard InChI is InChI=1S/C14H18O3/c1-10-6-2-4-8-12(10)17-13-9-5-3-7-11(13)14(15)16/h3,5,7,9-10,12H,2,4,6,8H2,1H3,(H,15,16). The van der Waals surface area contributed by atoms with E-state index in [0.29, 0.717) is 11.7 Å². The quantitative estimate of drug-likeness (QED) is 0.872. The molecule has 0 bridgehead atoms. The molecule has 0 spiro atoms. The Bertz CT molecular complexity index is 400. The number of ether oxygens (including phenoxy) is 1. The van der Waals surface area contributed by atoms with Crippen molar-refractivity contribution < 1.29 is 14.6 Å². The summed E-state index contributed by atoms with van der Waals surface area (Å²) < 4.78 is 5.88. The molecule has 1 aromatic rings. The number of carboxylic acid groups (broad SMARTS) is 1. The molecule has 17 heavy (non-hydrogen) atoms. The number of carbonyl (C=O) groups is 1. The molecule has 0 amide bonds. The van der Waals surface area contributed by atoms with E-state index in [-0.39, 0.29) is 11.7 Å². The number of hydrogen-bond donors (Lipinski definition) is 1. The number of aromatic carboxylic acids is 1. The molecule has 0 radical (unpaired) electrons. The Balaban J connectivity index is 2.14. The Hall–Kier alpha value is -1.51. The summed E-state index contributed by atoms with van der Waals surface area (Å²) >= 11 is 0. The molecule has 1 aliphatic rings. The number of carboxylic acids is 1. The normalized spacial score (nSPS) is 24.3. The zero-order valence-corrected chi connectivity index (χ0v) is 10.1. The van der Waals surface area contributed by atoms with Gasteiger partial charge in [0.1, 0.15) is 17.4 Å². The van der Waals surface area contributed by atoms with Gasteiger partial charge in [0.25, 0.3) is 0 Å². The zero-order chi connectivity index (χ0) is 12.3. The van der Waals surface area contributed by atoms with Crippen molar-refractivity contribution in [2.24, 2.45) is 5.92 Å². The van der Waals surface area contributed by atoms with E-state index < -0.39 is 5.97 Å². The van der Waals surface area contributed by atoms with E-state index in [1.165, 1.54) is 19.3 Å². The lowest BCUT2D eigenvalue weighted by Gasteiger charge is -2.29. The summed E-state index contributed by atoms with van der Waals surface area (Å²) in [6, 6.07) is 6.87. The van der Waals surface area contributed by atoms with Crippen molar-refractivity contribution in [2.75, 3.05) is 0 Å². The molecule has 0 saturated heterocycles. The lowest BCUT2D eigenvalue weighted by atomic mass is 9.88. The van der Waals surface area contributed by atoms with Gasteiger partial charge >= 0.3 is 5.97 Å². The fourth-order valence-corrected chi connectivity index (χ4v) is 2.37. The molecule has 0 aliphatic heterocycles. The Labute approximate surface area is 101 Å². The highest BCUT2D eigenvalue weighted by Gasteiger charge is 2.24. The molecular weight excluding hydrogens is 216 g/mol. The van der Waals surface area contributed by atoms with Crippen LogP contribution in [0.3, 0.4) is 0 Å². The molecular formula is C14H18O3. The van der Waals surface area contributed by atoms with Gasteiger partial charge in [-0.05, 0) is 37.3 Å². The van der Waals surface area contributed by atoms with Gasteiger partial charge in [0.2, 0.25) is 0 Å². The molecule has 0 aromatic heterocycles. The predicted molar refractivity (Wildman–Crippen MR) is 65.4 cm³/mol. The van der Waals surface area contributed by atoms with Crippen LogP contribution in [0.2, 0.25) is 0 Å². The maximum Gasteiger partial charge on any atom is 0.339 e. The topological polar surface area (TPSA) is 46.5 Å². The van der Waals surface area contributed by atoms with Gasteiger partial charge in [-0.15, -0.1) is 0 Å². The van der Waals surface area contributed by atoms with Crippen molar-refractivity contribution in [3.8, 4) is 5.75 Å². The van der Waals surface area contributed by atoms with Crippen LogP contribution in [0, 0.1) is 5.92 Å². The van der Waals surface area contributed by atoms with Crippen LogP contribution in [0.15, 0.2) is 24.3 Å². The molecule has 2 rings (SSSR count). The van der Waals surface area contributed by atoms with Crippen molar-refractivity contribution >= 4 is 5.97 Å². The van der Waals surface area contributed by atoms with Crippen molar-refractivity contribution in [2.45, 2.75) is 38.7 Å². The van der Waals surface area contributed by atoms with Gasteiger partial charge in [0, 0.05) is 0 Å². The third-order valence-corrected chi connectivity index (χ3v) is 3.43. The van der Waals surface area contributed by atoms with Crippen molar-refractivity contribution in [1.82, 2.24) is 0 Å². The smallest absolute Gasteiger partial charge is 0.339 e. The highest BCUT2D eigenvalue weighted by molar-refractivity contribution is 5.90. The van der Waals surface area contributed by atoms with E-state index >= 15 is 0 Å². The molecule has 1 N–H and O–H groups in total. The Morgan fingerprint density at radius 3 is 2.71 bits per heavy atom. The summed E-state index contributed by atoms with van der Waals surface area (Å²) in [6.45, 7) is 2.17. The van der Waals surface area contributed by atoms with Gasteiger partial charge in [-0.1, -0.05) is 25.5 Å². The summed E-state index contributed by atoms with van der Waals surface area (Å²) in [5, 5.41) is 9.08. The highest BCUT2D eigenvalue weighted by atomic mass is 16.5. The Kier molecular flexibility index (Phi) is 3.67. The number of rotatable bonds is 3. The Morgan fingerprint density at radius 2 is 2.00 bits per heavy atom. The van der Waals surface area contributed by atoms with Crippen molar-refractivity contribution in [1.29, 1.82) is 0 Å². The van der Waals surface area contributed by atoms with E-state index in [2.05, 4.69) is 6.92 Å². The molecule has 3 heteroatoms. The lowest BCUT2D eigenvalue weighted by molar-refractivity contribution is 0.0673. The number of para-hydroxylation sites is 1. The maximum atomic E-state index is 11.1. The second kappa shape index (κ2) is 5.21. The third kappa shape index (κ3) is 2.78. The van der Waals surface area contributed by atoms with Crippen LogP contribution >= 0.6 is 0 Å². The maximum absolute atomic E-state index is 11.1. The average Bonchev–Trinajstić information content (AvgIpc) is 2.32. The molecule has 2 unspecified atom stereocenters. The molecule has 1 aromatic carbocycles. The van der Waals surface area contributed by atoms with Gasteiger partial charge in [-0.3, -0.25) is 0 Å². The van der Waals surface area contributed by atoms with Crippen LogP contribution < -0.4 is 4.74 Å². The lowest BCUT2D eigenvalue weighted by Crippen LogP contribution is -2.28. The summed E-state index contributed by atoms with van der Waals surface area (Å²) in [4.78, 5) is 11.1. The van der Waals surface area contributed by atoms with Gasteiger partial charge in [-0.25, -0.2) is 4.79 Å². The molecule has 92 valence electrons. The first-order chi connectivity index (χ1) is 8.18. The fraction of sp³-hybridized carbons (Fsp3) is 0.500. The summed E-state index contributed by atoms with van der Waals surface area (Å²) in [5.74, 6) is 0.0772. The molecule has 3 nitrogen and oxygen atoms in total. The first-order valence-corrected chi connectivity index (χ1v) is 6.17. The SMILES string of the molecule is CC1CCCCC1Oc1ccccc1C(=O)O. The summed E-state index contributed by atoms with van der Waals surface area (Å²) in [7, 11) is 0. The van der Waals surface area contributed by atoms with E-state index in [4.69, 9.17) is 9.84 Å². The van der Waals surface area contributed by atoms with Crippen LogP contribution in [-0.2, 0) is 0 Å². The molecule has 1 aliphatic carbocycles. The van der Waals surface area contributed by atoms with E-state index in [1.54, 1.807) is 18.2 Å². The van der Waals surface area contributed by atoms with Gasteiger partial charge < -0.3 is 9.84 Å². The first-order valence-electron chi connectivity index (χ1n) is 6.17. The summed E-state index contributed by atoms with van der Waals surface area (Å²) in [5.41, 5.74) is 0.255. The van der Waals surface area contributed by atoms with E-state index in [1.807, 2.05) is 6.07 Å². The zero-order valence-electron chi connectivity index (χ0n) is 10.1. The van der Waals surface area contributed by atoms with Gasteiger partial charge in [0.05, 0.1) is 0 Å². The second-order valence-corrected chi connectivity index (χ2v) is 4.72. The number of hydrogen-bond acceptors (Lipinski definition) is 2. The fourth-order valence-electron chi connectivity index (χ4n) is 2.37. The van der Waals surface area contributed by atoms with Crippen LogP contribution in [0.4, 0.5) is 0 Å². The van der Waals surface area contributed by atoms with Crippen LogP contribution in [0.25, 0.3) is 0 Å².